The molecule has 2 aliphatic heterocycles. The number of nitrogens with one attached hydrogen (secondary N) is 2. The summed E-state index contributed by atoms with van der Waals surface area (Å²) in [6.07, 6.45) is 2.54. The Hall–Kier alpha value is -3.38. The highest BCUT2D eigenvalue weighted by Crippen LogP contribution is 2.22. The van der Waals surface area contributed by atoms with Crippen molar-refractivity contribution in [3.8, 4) is 0 Å². The molecule has 1 aromatic heterocycles. The Morgan fingerprint density at radius 3 is 2.48 bits per heavy atom. The molecular weight excluding hydrogens is 410 g/mol. The number of pyridine rings is 1. The molecule has 170 valence electrons. The second-order valence-electron chi connectivity index (χ2n) is 8.79. The van der Waals surface area contributed by atoms with Crippen LogP contribution in [-0.4, -0.2) is 43.6 Å². The second-order valence-corrected chi connectivity index (χ2v) is 8.79. The maximum absolute atomic E-state index is 12.8. The first kappa shape index (κ1) is 21.5. The van der Waals surface area contributed by atoms with E-state index in [0.29, 0.717) is 12.2 Å². The first-order valence-electron chi connectivity index (χ1n) is 11.9. The Kier molecular flexibility index (Phi) is 6.53. The molecule has 2 fully saturated rings. The van der Waals surface area contributed by atoms with Crippen LogP contribution in [0, 0.1) is 0 Å². The molecule has 2 saturated heterocycles. The third-order valence-electron chi connectivity index (χ3n) is 6.53. The van der Waals surface area contributed by atoms with E-state index in [0.717, 1.165) is 44.1 Å². The molecule has 1 atom stereocenters. The Morgan fingerprint density at radius 2 is 1.70 bits per heavy atom. The van der Waals surface area contributed by atoms with E-state index in [-0.39, 0.29) is 11.9 Å². The number of hydrogen-bond acceptors (Lipinski definition) is 5. The van der Waals surface area contributed by atoms with Gasteiger partial charge in [-0.3, -0.25) is 4.79 Å². The fraction of sp³-hybridized carbons (Fsp3) is 0.333. The maximum Gasteiger partial charge on any atom is 0.270 e. The summed E-state index contributed by atoms with van der Waals surface area (Å²) in [6.45, 7) is 5.34. The van der Waals surface area contributed by atoms with Crippen molar-refractivity contribution < 1.29 is 4.79 Å². The summed E-state index contributed by atoms with van der Waals surface area (Å²) in [6, 6.07) is 24.9. The molecule has 2 aromatic carbocycles. The van der Waals surface area contributed by atoms with Gasteiger partial charge in [0.15, 0.2) is 0 Å². The van der Waals surface area contributed by atoms with E-state index >= 15 is 0 Å². The molecular formula is C27H31N5O. The van der Waals surface area contributed by atoms with Gasteiger partial charge >= 0.3 is 0 Å². The highest BCUT2D eigenvalue weighted by Gasteiger charge is 2.22. The molecule has 0 aliphatic carbocycles. The van der Waals surface area contributed by atoms with E-state index in [2.05, 4.69) is 73.9 Å². The van der Waals surface area contributed by atoms with Crippen LogP contribution >= 0.6 is 0 Å². The van der Waals surface area contributed by atoms with Crippen LogP contribution in [0.25, 0.3) is 0 Å². The Bertz CT molecular complexity index is 1060. The van der Waals surface area contributed by atoms with Crippen molar-refractivity contribution in [1.29, 1.82) is 0 Å². The fourth-order valence-electron chi connectivity index (χ4n) is 4.67. The van der Waals surface area contributed by atoms with Crippen LogP contribution in [0.3, 0.4) is 0 Å². The standard InChI is InChI=1S/C27H31N5O/c33-27(29-19-21-11-13-23(14-12-21)31-16-4-5-17-31)24-9-6-10-26(30-24)32-18-15-28-25(20-32)22-7-2-1-3-8-22/h1-3,6-14,25,28H,4-5,15-20H2,(H,29,33)/t25-/m0/s1. The van der Waals surface area contributed by atoms with Gasteiger partial charge in [0.25, 0.3) is 5.91 Å². The second kappa shape index (κ2) is 10.0. The predicted molar refractivity (Wildman–Crippen MR) is 133 cm³/mol. The highest BCUT2D eigenvalue weighted by atomic mass is 16.1. The first-order valence-corrected chi connectivity index (χ1v) is 11.9. The highest BCUT2D eigenvalue weighted by molar-refractivity contribution is 5.92. The van der Waals surface area contributed by atoms with Crippen LogP contribution < -0.4 is 20.4 Å². The molecule has 33 heavy (non-hydrogen) atoms. The molecule has 0 spiro atoms. The molecule has 0 unspecified atom stereocenters. The van der Waals surface area contributed by atoms with Crippen molar-refractivity contribution in [2.45, 2.75) is 25.4 Å². The van der Waals surface area contributed by atoms with E-state index in [4.69, 9.17) is 0 Å². The number of anilines is 2. The van der Waals surface area contributed by atoms with Crippen LogP contribution in [0.15, 0.2) is 72.8 Å². The summed E-state index contributed by atoms with van der Waals surface area (Å²) in [7, 11) is 0. The lowest BCUT2D eigenvalue weighted by molar-refractivity contribution is 0.0946. The predicted octanol–water partition coefficient (Wildman–Crippen LogP) is 3.76. The topological polar surface area (TPSA) is 60.5 Å². The molecule has 0 bridgehead atoms. The third-order valence-corrected chi connectivity index (χ3v) is 6.53. The molecule has 0 radical (unpaired) electrons. The van der Waals surface area contributed by atoms with Gasteiger partial charge in [0.1, 0.15) is 11.5 Å². The Balaban J connectivity index is 1.20. The lowest BCUT2D eigenvalue weighted by atomic mass is 10.0. The molecule has 6 heteroatoms. The summed E-state index contributed by atoms with van der Waals surface area (Å²) in [4.78, 5) is 22.1. The van der Waals surface area contributed by atoms with E-state index in [1.165, 1.54) is 24.1 Å². The van der Waals surface area contributed by atoms with Crippen LogP contribution in [0.1, 0.15) is 40.5 Å². The van der Waals surface area contributed by atoms with Gasteiger partial charge in [-0.1, -0.05) is 48.5 Å². The molecule has 0 saturated carbocycles. The van der Waals surface area contributed by atoms with Crippen LogP contribution in [0.2, 0.25) is 0 Å². The summed E-state index contributed by atoms with van der Waals surface area (Å²) >= 11 is 0. The summed E-state index contributed by atoms with van der Waals surface area (Å²) < 4.78 is 0. The molecule has 2 N–H and O–H groups in total. The molecule has 6 nitrogen and oxygen atoms in total. The fourth-order valence-corrected chi connectivity index (χ4v) is 4.67. The number of aromatic nitrogens is 1. The number of rotatable bonds is 6. The molecule has 1 amide bonds. The number of carbonyl (C=O) groups excluding carboxylic acids is 1. The average molecular weight is 442 g/mol. The van der Waals surface area contributed by atoms with Crippen LogP contribution in [-0.2, 0) is 6.54 Å². The van der Waals surface area contributed by atoms with E-state index in [9.17, 15) is 4.79 Å². The van der Waals surface area contributed by atoms with Gasteiger partial charge in [-0.05, 0) is 48.2 Å². The van der Waals surface area contributed by atoms with Crippen molar-refractivity contribution in [3.05, 3.63) is 89.6 Å². The number of nitrogens with zero attached hydrogens (tertiary/aromatic N) is 3. The van der Waals surface area contributed by atoms with Crippen LogP contribution in [0.4, 0.5) is 11.5 Å². The minimum absolute atomic E-state index is 0.143. The normalized spacial score (nSPS) is 18.4. The van der Waals surface area contributed by atoms with Gasteiger partial charge in [-0.2, -0.15) is 0 Å². The SMILES string of the molecule is O=C(NCc1ccc(N2CCCC2)cc1)c1cccc(N2CCN[C@H](c3ccccc3)C2)n1. The van der Waals surface area contributed by atoms with E-state index in [1.54, 1.807) is 6.07 Å². The third kappa shape index (κ3) is 5.17. The smallest absolute Gasteiger partial charge is 0.270 e. The summed E-state index contributed by atoms with van der Waals surface area (Å²) in [5.41, 5.74) is 4.08. The number of piperazine rings is 1. The van der Waals surface area contributed by atoms with Gasteiger partial charge in [-0.25, -0.2) is 4.98 Å². The lowest BCUT2D eigenvalue weighted by Crippen LogP contribution is -2.46. The van der Waals surface area contributed by atoms with Crippen molar-refractivity contribution in [1.82, 2.24) is 15.6 Å². The number of carbonyl (C=O) groups is 1. The zero-order valence-electron chi connectivity index (χ0n) is 18.9. The quantitative estimate of drug-likeness (QED) is 0.610. The van der Waals surface area contributed by atoms with Gasteiger partial charge in [-0.15, -0.1) is 0 Å². The summed E-state index contributed by atoms with van der Waals surface area (Å²) in [5, 5.41) is 6.60. The molecule has 5 rings (SSSR count). The molecule has 3 heterocycles. The molecule has 3 aromatic rings. The minimum Gasteiger partial charge on any atom is -0.372 e. The largest absolute Gasteiger partial charge is 0.372 e. The van der Waals surface area contributed by atoms with Gasteiger partial charge in [0.05, 0.1) is 0 Å². The number of hydrogen-bond donors (Lipinski definition) is 2. The van der Waals surface area contributed by atoms with Gasteiger partial charge in [0.2, 0.25) is 0 Å². The average Bonchev–Trinajstić information content (AvgIpc) is 3.43. The van der Waals surface area contributed by atoms with Crippen molar-refractivity contribution in [2.75, 3.05) is 42.5 Å². The van der Waals surface area contributed by atoms with Gasteiger partial charge < -0.3 is 20.4 Å². The first-order chi connectivity index (χ1) is 16.3. The van der Waals surface area contributed by atoms with Crippen molar-refractivity contribution in [2.24, 2.45) is 0 Å². The lowest BCUT2D eigenvalue weighted by Gasteiger charge is -2.35. The Labute approximate surface area is 195 Å². The number of benzene rings is 2. The Morgan fingerprint density at radius 1 is 0.909 bits per heavy atom. The van der Waals surface area contributed by atoms with E-state index < -0.39 is 0 Å². The maximum atomic E-state index is 12.8. The zero-order valence-corrected chi connectivity index (χ0v) is 18.9. The number of amides is 1. The minimum atomic E-state index is -0.143. The molecule has 2 aliphatic rings. The summed E-state index contributed by atoms with van der Waals surface area (Å²) in [5.74, 6) is 0.704. The van der Waals surface area contributed by atoms with Gasteiger partial charge in [0, 0.05) is 51.0 Å². The van der Waals surface area contributed by atoms with Crippen molar-refractivity contribution in [3.63, 3.8) is 0 Å². The van der Waals surface area contributed by atoms with E-state index in [1.807, 2.05) is 18.2 Å². The van der Waals surface area contributed by atoms with Crippen molar-refractivity contribution >= 4 is 17.4 Å². The monoisotopic (exact) mass is 441 g/mol. The zero-order chi connectivity index (χ0) is 22.5. The van der Waals surface area contributed by atoms with Crippen LogP contribution in [0.5, 0.6) is 0 Å².